The second kappa shape index (κ2) is 7.60. The van der Waals surface area contributed by atoms with Crippen LogP contribution in [0.2, 0.25) is 0 Å². The predicted octanol–water partition coefficient (Wildman–Crippen LogP) is 4.97. The molecule has 1 aliphatic carbocycles. The summed E-state index contributed by atoms with van der Waals surface area (Å²) < 4.78 is 10.7. The van der Waals surface area contributed by atoms with Crippen LogP contribution < -0.4 is 4.74 Å². The lowest BCUT2D eigenvalue weighted by atomic mass is 9.89. The van der Waals surface area contributed by atoms with Gasteiger partial charge in [-0.15, -0.1) is 11.8 Å². The SMILES string of the molecule is COC1=CC=C2C(C(=O)c3ccc(O)cc3)=C(c3ccc(OC)cc3)SC2C1. The molecule has 4 rings (SSSR count). The number of allylic oxidation sites excluding steroid dienone is 4. The van der Waals surface area contributed by atoms with Crippen molar-refractivity contribution in [3.63, 3.8) is 0 Å². The van der Waals surface area contributed by atoms with Crippen molar-refractivity contribution in [3.05, 3.63) is 88.7 Å². The second-order valence-corrected chi connectivity index (χ2v) is 7.79. The van der Waals surface area contributed by atoms with Crippen LogP contribution in [0.5, 0.6) is 11.5 Å². The smallest absolute Gasteiger partial charge is 0.194 e. The molecule has 2 aromatic carbocycles. The van der Waals surface area contributed by atoms with Crippen molar-refractivity contribution in [2.75, 3.05) is 14.2 Å². The van der Waals surface area contributed by atoms with E-state index in [-0.39, 0.29) is 16.8 Å². The Morgan fingerprint density at radius 1 is 1.00 bits per heavy atom. The van der Waals surface area contributed by atoms with Gasteiger partial charge in [0, 0.05) is 27.7 Å². The van der Waals surface area contributed by atoms with E-state index in [1.54, 1.807) is 50.2 Å². The number of fused-ring (bicyclic) bond motifs is 1. The molecule has 0 spiro atoms. The van der Waals surface area contributed by atoms with Crippen molar-refractivity contribution in [1.29, 1.82) is 0 Å². The Labute approximate surface area is 168 Å². The van der Waals surface area contributed by atoms with Crippen LogP contribution in [0.15, 0.2) is 77.6 Å². The molecule has 1 unspecified atom stereocenters. The Morgan fingerprint density at radius 3 is 2.36 bits per heavy atom. The van der Waals surface area contributed by atoms with Gasteiger partial charge in [-0.2, -0.15) is 0 Å². The van der Waals surface area contributed by atoms with Crippen molar-refractivity contribution >= 4 is 22.5 Å². The van der Waals surface area contributed by atoms with Crippen molar-refractivity contribution in [2.45, 2.75) is 11.7 Å². The molecule has 1 atom stereocenters. The summed E-state index contributed by atoms with van der Waals surface area (Å²) in [5, 5.41) is 9.70. The molecule has 28 heavy (non-hydrogen) atoms. The van der Waals surface area contributed by atoms with Crippen molar-refractivity contribution in [1.82, 2.24) is 0 Å². The average Bonchev–Trinajstić information content (AvgIpc) is 3.12. The fraction of sp³-hybridized carbons (Fsp3) is 0.174. The largest absolute Gasteiger partial charge is 0.508 e. The minimum atomic E-state index is -0.0404. The lowest BCUT2D eigenvalue weighted by Crippen LogP contribution is -2.13. The monoisotopic (exact) mass is 392 g/mol. The first-order valence-electron chi connectivity index (χ1n) is 8.95. The lowest BCUT2D eigenvalue weighted by Gasteiger charge is -2.18. The molecule has 5 heteroatoms. The topological polar surface area (TPSA) is 55.8 Å². The molecule has 0 saturated heterocycles. The van der Waals surface area contributed by atoms with E-state index in [1.807, 2.05) is 36.4 Å². The van der Waals surface area contributed by atoms with Crippen LogP contribution >= 0.6 is 11.8 Å². The van der Waals surface area contributed by atoms with E-state index in [9.17, 15) is 9.90 Å². The molecule has 1 aliphatic heterocycles. The van der Waals surface area contributed by atoms with Crippen molar-refractivity contribution in [3.8, 4) is 11.5 Å². The molecule has 1 N–H and O–H groups in total. The van der Waals surface area contributed by atoms with Crippen LogP contribution in [0.3, 0.4) is 0 Å². The molecule has 2 aromatic rings. The van der Waals surface area contributed by atoms with E-state index in [2.05, 4.69) is 0 Å². The highest BCUT2D eigenvalue weighted by molar-refractivity contribution is 8.09. The van der Waals surface area contributed by atoms with E-state index < -0.39 is 0 Å². The van der Waals surface area contributed by atoms with Crippen molar-refractivity contribution in [2.24, 2.45) is 0 Å². The quantitative estimate of drug-likeness (QED) is 0.728. The third-order valence-corrected chi connectivity index (χ3v) is 6.31. The summed E-state index contributed by atoms with van der Waals surface area (Å²) in [5.41, 5.74) is 3.29. The maximum atomic E-state index is 13.4. The Balaban J connectivity index is 1.82. The summed E-state index contributed by atoms with van der Waals surface area (Å²) in [7, 11) is 3.31. The maximum absolute atomic E-state index is 13.4. The summed E-state index contributed by atoms with van der Waals surface area (Å²) in [5.74, 6) is 1.79. The highest BCUT2D eigenvalue weighted by atomic mass is 32.2. The summed E-state index contributed by atoms with van der Waals surface area (Å²) in [6, 6.07) is 14.2. The highest BCUT2D eigenvalue weighted by Gasteiger charge is 2.36. The maximum Gasteiger partial charge on any atom is 0.194 e. The zero-order valence-corrected chi connectivity index (χ0v) is 16.5. The predicted molar refractivity (Wildman–Crippen MR) is 112 cm³/mol. The van der Waals surface area contributed by atoms with E-state index in [0.717, 1.165) is 39.5 Å². The normalized spacial score (nSPS) is 18.3. The lowest BCUT2D eigenvalue weighted by molar-refractivity contribution is 0.103. The molecule has 4 nitrogen and oxygen atoms in total. The minimum absolute atomic E-state index is 0.0404. The fourth-order valence-corrected chi connectivity index (χ4v) is 4.89. The molecule has 0 bridgehead atoms. The van der Waals surface area contributed by atoms with Gasteiger partial charge >= 0.3 is 0 Å². The first-order chi connectivity index (χ1) is 13.6. The van der Waals surface area contributed by atoms with E-state index in [4.69, 9.17) is 9.47 Å². The number of thioether (sulfide) groups is 1. The first kappa shape index (κ1) is 18.4. The molecule has 0 saturated carbocycles. The molecule has 142 valence electrons. The number of benzene rings is 2. The molecule has 0 aromatic heterocycles. The number of phenols is 1. The molecule has 2 aliphatic rings. The number of rotatable bonds is 5. The van der Waals surface area contributed by atoms with Gasteiger partial charge in [0.25, 0.3) is 0 Å². The average molecular weight is 392 g/mol. The van der Waals surface area contributed by atoms with E-state index in [1.165, 1.54) is 0 Å². The summed E-state index contributed by atoms with van der Waals surface area (Å²) in [6.45, 7) is 0. The van der Waals surface area contributed by atoms with Crippen LogP contribution in [-0.2, 0) is 4.74 Å². The summed E-state index contributed by atoms with van der Waals surface area (Å²) in [4.78, 5) is 14.4. The number of phenolic OH excluding ortho intramolecular Hbond substituents is 1. The van der Waals surface area contributed by atoms with Crippen LogP contribution in [0, 0.1) is 0 Å². The van der Waals surface area contributed by atoms with Crippen molar-refractivity contribution < 1.29 is 19.4 Å². The third kappa shape index (κ3) is 3.34. The Bertz CT molecular complexity index is 998. The first-order valence-corrected chi connectivity index (χ1v) is 9.83. The number of carbonyl (C=O) groups excluding carboxylic acids is 1. The molecule has 0 radical (unpaired) electrons. The number of aromatic hydroxyl groups is 1. The van der Waals surface area contributed by atoms with Gasteiger partial charge in [-0.05, 0) is 53.6 Å². The van der Waals surface area contributed by atoms with Gasteiger partial charge in [0.1, 0.15) is 11.5 Å². The zero-order chi connectivity index (χ0) is 19.7. The minimum Gasteiger partial charge on any atom is -0.508 e. The number of hydrogen-bond acceptors (Lipinski definition) is 5. The molecular formula is C23H20O4S. The fourth-order valence-electron chi connectivity index (χ4n) is 3.43. The molecule has 1 heterocycles. The third-order valence-electron chi connectivity index (χ3n) is 4.93. The van der Waals surface area contributed by atoms with Gasteiger partial charge in [0.05, 0.1) is 20.0 Å². The zero-order valence-electron chi connectivity index (χ0n) is 15.6. The molecule has 0 amide bonds. The molecular weight excluding hydrogens is 372 g/mol. The number of hydrogen-bond donors (Lipinski definition) is 1. The van der Waals surface area contributed by atoms with Crippen LogP contribution in [0.4, 0.5) is 0 Å². The van der Waals surface area contributed by atoms with E-state index in [0.29, 0.717) is 5.56 Å². The molecule has 0 fully saturated rings. The van der Waals surface area contributed by atoms with Crippen LogP contribution in [0.25, 0.3) is 4.91 Å². The van der Waals surface area contributed by atoms with Gasteiger partial charge in [-0.3, -0.25) is 4.79 Å². The highest BCUT2D eigenvalue weighted by Crippen LogP contribution is 2.51. The summed E-state index contributed by atoms with van der Waals surface area (Å²) >= 11 is 1.69. The second-order valence-electron chi connectivity index (χ2n) is 6.58. The standard InChI is InChI=1S/C23H20O4S/c1-26-17-9-5-15(6-10-17)23-21(22(25)14-3-7-16(24)8-4-14)19-12-11-18(27-2)13-20(19)28-23/h3-12,20,24H,13H2,1-2H3. The number of methoxy groups -OCH3 is 2. The summed E-state index contributed by atoms with van der Waals surface area (Å²) in [6.07, 6.45) is 4.68. The Hall–Kier alpha value is -2.92. The van der Waals surface area contributed by atoms with Gasteiger partial charge in [0.2, 0.25) is 0 Å². The Morgan fingerprint density at radius 2 is 1.71 bits per heavy atom. The van der Waals surface area contributed by atoms with Crippen LogP contribution in [-0.4, -0.2) is 30.4 Å². The Kier molecular flexibility index (Phi) is 5.01. The van der Waals surface area contributed by atoms with Gasteiger partial charge in [-0.25, -0.2) is 0 Å². The number of carbonyl (C=O) groups is 1. The van der Waals surface area contributed by atoms with Crippen LogP contribution in [0.1, 0.15) is 22.3 Å². The van der Waals surface area contributed by atoms with Gasteiger partial charge < -0.3 is 14.6 Å². The van der Waals surface area contributed by atoms with E-state index >= 15 is 0 Å². The van der Waals surface area contributed by atoms with Gasteiger partial charge in [0.15, 0.2) is 5.78 Å². The number of ether oxygens (including phenoxy) is 2. The van der Waals surface area contributed by atoms with Gasteiger partial charge in [-0.1, -0.05) is 18.2 Å². The number of Topliss-reactive ketones (excluding diaryl/α,β-unsaturated/α-hetero) is 1. The number of ketones is 1.